The van der Waals surface area contributed by atoms with Gasteiger partial charge in [0.05, 0.1) is 17.5 Å². The fraction of sp³-hybridized carbons (Fsp3) is 0.350. The lowest BCUT2D eigenvalue weighted by Crippen LogP contribution is -2.49. The van der Waals surface area contributed by atoms with E-state index in [0.29, 0.717) is 49.4 Å². The van der Waals surface area contributed by atoms with Crippen molar-refractivity contribution in [1.82, 2.24) is 10.2 Å². The number of piperazine rings is 1. The van der Waals surface area contributed by atoms with Crippen LogP contribution >= 0.6 is 11.6 Å². The number of hydrogen-bond donors (Lipinski definition) is 1. The number of fused-ring (bicyclic) bond motifs is 1. The minimum Gasteiger partial charge on any atom is -0.486 e. The molecular weight excluding hydrogens is 371 g/mol. The molecule has 1 amide bonds. The fourth-order valence-electron chi connectivity index (χ4n) is 3.56. The third-order valence-electron chi connectivity index (χ3n) is 4.81. The van der Waals surface area contributed by atoms with Gasteiger partial charge in [0.15, 0.2) is 11.5 Å². The van der Waals surface area contributed by atoms with Crippen LogP contribution in [0.5, 0.6) is 11.5 Å². The molecule has 1 N–H and O–H groups in total. The van der Waals surface area contributed by atoms with Crippen LogP contribution in [0.3, 0.4) is 0 Å². The summed E-state index contributed by atoms with van der Waals surface area (Å²) in [6.07, 6.45) is 0.197. The minimum atomic E-state index is -0.302. The van der Waals surface area contributed by atoms with Crippen LogP contribution in [0, 0.1) is 5.82 Å². The summed E-state index contributed by atoms with van der Waals surface area (Å²) in [5.74, 6) is 0.764. The number of nitrogens with one attached hydrogen (secondary N) is 1. The molecule has 27 heavy (non-hydrogen) atoms. The molecule has 0 saturated carbocycles. The summed E-state index contributed by atoms with van der Waals surface area (Å²) in [7, 11) is 0. The van der Waals surface area contributed by atoms with Gasteiger partial charge in [-0.1, -0.05) is 23.7 Å². The van der Waals surface area contributed by atoms with Crippen molar-refractivity contribution >= 4 is 17.5 Å². The van der Waals surface area contributed by atoms with E-state index in [1.165, 1.54) is 12.1 Å². The zero-order valence-electron chi connectivity index (χ0n) is 14.7. The van der Waals surface area contributed by atoms with Gasteiger partial charge >= 0.3 is 0 Å². The van der Waals surface area contributed by atoms with Crippen LogP contribution in [0.1, 0.15) is 17.2 Å². The molecule has 1 unspecified atom stereocenters. The van der Waals surface area contributed by atoms with E-state index in [-0.39, 0.29) is 24.2 Å². The number of hydrogen-bond acceptors (Lipinski definition) is 4. The molecule has 1 fully saturated rings. The van der Waals surface area contributed by atoms with E-state index >= 15 is 0 Å². The maximum atomic E-state index is 13.6. The van der Waals surface area contributed by atoms with Crippen LogP contribution in [-0.4, -0.2) is 43.7 Å². The van der Waals surface area contributed by atoms with Gasteiger partial charge in [-0.25, -0.2) is 4.39 Å². The molecule has 2 aliphatic heterocycles. The summed E-state index contributed by atoms with van der Waals surface area (Å²) in [5.41, 5.74) is 1.56. The number of carbonyl (C=O) groups is 1. The maximum absolute atomic E-state index is 13.6. The predicted octanol–water partition coefficient (Wildman–Crippen LogP) is 2.97. The Labute approximate surface area is 162 Å². The average Bonchev–Trinajstić information content (AvgIpc) is 2.68. The van der Waals surface area contributed by atoms with Crippen LogP contribution in [0.15, 0.2) is 36.4 Å². The molecule has 142 valence electrons. The van der Waals surface area contributed by atoms with Gasteiger partial charge in [0.1, 0.15) is 19.0 Å². The van der Waals surface area contributed by atoms with Gasteiger partial charge in [-0.2, -0.15) is 0 Å². The molecule has 0 spiro atoms. The second-order valence-electron chi connectivity index (χ2n) is 6.64. The summed E-state index contributed by atoms with van der Waals surface area (Å²) in [6, 6.07) is 9.76. The fourth-order valence-corrected chi connectivity index (χ4v) is 3.84. The highest BCUT2D eigenvalue weighted by molar-refractivity contribution is 6.32. The zero-order valence-corrected chi connectivity index (χ0v) is 15.5. The Hall–Kier alpha value is -2.31. The number of carbonyl (C=O) groups excluding carboxylic acids is 1. The molecule has 0 aromatic heterocycles. The smallest absolute Gasteiger partial charge is 0.227 e. The second-order valence-corrected chi connectivity index (χ2v) is 7.05. The van der Waals surface area contributed by atoms with E-state index in [9.17, 15) is 9.18 Å². The zero-order chi connectivity index (χ0) is 18.8. The summed E-state index contributed by atoms with van der Waals surface area (Å²) in [5, 5.41) is 3.72. The van der Waals surface area contributed by atoms with Crippen molar-refractivity contribution in [3.05, 3.63) is 58.4 Å². The van der Waals surface area contributed by atoms with Gasteiger partial charge < -0.3 is 19.7 Å². The first-order valence-electron chi connectivity index (χ1n) is 8.95. The van der Waals surface area contributed by atoms with Gasteiger partial charge in [0.25, 0.3) is 0 Å². The Morgan fingerprint density at radius 1 is 1.26 bits per heavy atom. The Bertz CT molecular complexity index is 861. The van der Waals surface area contributed by atoms with Crippen molar-refractivity contribution in [3.63, 3.8) is 0 Å². The third-order valence-corrected chi connectivity index (χ3v) is 5.09. The highest BCUT2D eigenvalue weighted by Gasteiger charge is 2.28. The molecule has 0 aliphatic carbocycles. The second kappa shape index (κ2) is 7.74. The number of nitrogens with zero attached hydrogens (tertiary/aromatic N) is 1. The minimum absolute atomic E-state index is 0.0292. The van der Waals surface area contributed by atoms with Crippen LogP contribution in [0.2, 0.25) is 5.02 Å². The summed E-state index contributed by atoms with van der Waals surface area (Å²) in [6.45, 7) is 2.79. The molecule has 1 atom stereocenters. The lowest BCUT2D eigenvalue weighted by molar-refractivity contribution is -0.133. The first-order valence-corrected chi connectivity index (χ1v) is 9.33. The van der Waals surface area contributed by atoms with E-state index in [4.69, 9.17) is 21.1 Å². The number of benzene rings is 2. The van der Waals surface area contributed by atoms with Gasteiger partial charge in [-0.3, -0.25) is 4.79 Å². The molecule has 2 heterocycles. The monoisotopic (exact) mass is 390 g/mol. The largest absolute Gasteiger partial charge is 0.486 e. The highest BCUT2D eigenvalue weighted by atomic mass is 35.5. The third kappa shape index (κ3) is 3.87. The number of amides is 1. The van der Waals surface area contributed by atoms with Crippen LogP contribution in [0.4, 0.5) is 4.39 Å². The van der Waals surface area contributed by atoms with E-state index in [1.807, 2.05) is 6.07 Å². The van der Waals surface area contributed by atoms with Gasteiger partial charge in [-0.15, -0.1) is 0 Å². The van der Waals surface area contributed by atoms with E-state index in [1.54, 1.807) is 23.1 Å². The van der Waals surface area contributed by atoms with E-state index in [2.05, 4.69) is 5.32 Å². The van der Waals surface area contributed by atoms with Crippen LogP contribution < -0.4 is 14.8 Å². The van der Waals surface area contributed by atoms with Gasteiger partial charge in [-0.05, 0) is 35.4 Å². The number of rotatable bonds is 3. The molecule has 2 aromatic rings. The number of halogens is 2. The van der Waals surface area contributed by atoms with Crippen molar-refractivity contribution in [2.45, 2.75) is 12.5 Å². The lowest BCUT2D eigenvalue weighted by atomic mass is 10.0. The molecule has 1 saturated heterocycles. The predicted molar refractivity (Wildman–Crippen MR) is 99.9 cm³/mol. The maximum Gasteiger partial charge on any atom is 0.227 e. The van der Waals surface area contributed by atoms with Gasteiger partial charge in [0, 0.05) is 19.6 Å². The molecule has 4 rings (SSSR count). The first kappa shape index (κ1) is 18.1. The quantitative estimate of drug-likeness (QED) is 0.875. The first-order chi connectivity index (χ1) is 13.1. The Morgan fingerprint density at radius 3 is 2.96 bits per heavy atom. The molecule has 2 aromatic carbocycles. The van der Waals surface area contributed by atoms with Crippen molar-refractivity contribution in [2.24, 2.45) is 0 Å². The molecule has 7 heteroatoms. The van der Waals surface area contributed by atoms with Crippen LogP contribution in [-0.2, 0) is 11.2 Å². The Morgan fingerprint density at radius 2 is 2.11 bits per heavy atom. The summed E-state index contributed by atoms with van der Waals surface area (Å²) >= 11 is 6.28. The average molecular weight is 391 g/mol. The molecular formula is C20H20ClFN2O3. The van der Waals surface area contributed by atoms with E-state index < -0.39 is 0 Å². The molecule has 0 radical (unpaired) electrons. The summed E-state index contributed by atoms with van der Waals surface area (Å²) < 4.78 is 24.7. The SMILES string of the molecule is O=C(Cc1cc(Cl)c2c(c1)OCCO2)N1CCNCC1c1cccc(F)c1. The van der Waals surface area contributed by atoms with Crippen molar-refractivity contribution < 1.29 is 18.7 Å². The molecule has 2 aliphatic rings. The van der Waals surface area contributed by atoms with Crippen molar-refractivity contribution in [2.75, 3.05) is 32.8 Å². The lowest BCUT2D eigenvalue weighted by Gasteiger charge is -2.36. The van der Waals surface area contributed by atoms with Crippen LogP contribution in [0.25, 0.3) is 0 Å². The molecule has 5 nitrogen and oxygen atoms in total. The number of ether oxygens (including phenoxy) is 2. The van der Waals surface area contributed by atoms with Gasteiger partial charge in [0.2, 0.25) is 5.91 Å². The highest BCUT2D eigenvalue weighted by Crippen LogP contribution is 2.38. The Kier molecular flexibility index (Phi) is 5.18. The standard InChI is InChI=1S/C20H20ClFN2O3/c21-16-8-13(9-18-20(16)27-7-6-26-18)10-19(25)24-5-4-23-12-17(24)14-2-1-3-15(22)11-14/h1-3,8-9,11,17,23H,4-7,10,12H2. The Balaban J connectivity index is 1.55. The normalized spacial score (nSPS) is 19.0. The topological polar surface area (TPSA) is 50.8 Å². The van der Waals surface area contributed by atoms with Crippen molar-refractivity contribution in [1.29, 1.82) is 0 Å². The summed E-state index contributed by atoms with van der Waals surface area (Å²) in [4.78, 5) is 14.8. The van der Waals surface area contributed by atoms with E-state index in [0.717, 1.165) is 11.1 Å². The van der Waals surface area contributed by atoms with Crippen molar-refractivity contribution in [3.8, 4) is 11.5 Å². The molecule has 0 bridgehead atoms.